The lowest BCUT2D eigenvalue weighted by Gasteiger charge is -2.11. The summed E-state index contributed by atoms with van der Waals surface area (Å²) in [7, 11) is -2.35. The van der Waals surface area contributed by atoms with E-state index < -0.39 is 7.80 Å². The average Bonchev–Trinajstić information content (AvgIpc) is 2.77. The van der Waals surface area contributed by atoms with Crippen LogP contribution in [0.2, 0.25) is 0 Å². The number of carbonyl (C=O) groups excluding carboxylic acids is 2. The number of ketones is 1. The summed E-state index contributed by atoms with van der Waals surface area (Å²) in [5, 5.41) is 0.532. The third-order valence-corrected chi connectivity index (χ3v) is 7.02. The van der Waals surface area contributed by atoms with E-state index in [1.54, 1.807) is 12.1 Å². The molecule has 3 aromatic carbocycles. The molecule has 3 nitrogen and oxygen atoms in total. The summed E-state index contributed by atoms with van der Waals surface area (Å²) >= 11 is 0. The molecule has 0 aromatic heterocycles. The van der Waals surface area contributed by atoms with Crippen LogP contribution >= 0.6 is 7.80 Å². The van der Waals surface area contributed by atoms with Crippen LogP contribution in [0.4, 0.5) is 0 Å². The number of hydrogen-bond acceptors (Lipinski definition) is 3. The highest BCUT2D eigenvalue weighted by molar-refractivity contribution is 7.71. The van der Waals surface area contributed by atoms with E-state index >= 15 is 0 Å². The molecule has 0 heterocycles. The maximum Gasteiger partial charge on any atom is 0.459 e. The van der Waals surface area contributed by atoms with Crippen molar-refractivity contribution in [1.29, 1.82) is 0 Å². The predicted molar refractivity (Wildman–Crippen MR) is 123 cm³/mol. The van der Waals surface area contributed by atoms with Crippen molar-refractivity contribution >= 4 is 24.4 Å². The molecule has 3 rings (SSSR count). The molecule has 0 aliphatic heterocycles. The number of benzene rings is 3. The third-order valence-electron chi connectivity index (χ3n) is 5.46. The molecule has 30 heavy (non-hydrogen) atoms. The Kier molecular flexibility index (Phi) is 6.74. The third kappa shape index (κ3) is 4.04. The van der Waals surface area contributed by atoms with Gasteiger partial charge in [0, 0.05) is 22.3 Å². The van der Waals surface area contributed by atoms with Gasteiger partial charge in [0.2, 0.25) is 5.30 Å². The first-order valence-corrected chi connectivity index (χ1v) is 11.5. The maximum absolute atomic E-state index is 13.6. The molecule has 0 bridgehead atoms. The van der Waals surface area contributed by atoms with Gasteiger partial charge in [-0.1, -0.05) is 79.1 Å². The fraction of sp³-hybridized carbons (Fsp3) is 0.231. The molecular weight excluding hydrogens is 391 g/mol. The molecule has 0 aliphatic rings. The van der Waals surface area contributed by atoms with Crippen molar-refractivity contribution in [3.05, 3.63) is 99.6 Å². The van der Waals surface area contributed by atoms with Crippen LogP contribution in [-0.2, 0) is 17.4 Å². The van der Waals surface area contributed by atoms with E-state index in [4.69, 9.17) is 0 Å². The van der Waals surface area contributed by atoms with Crippen molar-refractivity contribution < 1.29 is 14.2 Å². The van der Waals surface area contributed by atoms with Crippen molar-refractivity contribution in [2.24, 2.45) is 0 Å². The summed E-state index contributed by atoms with van der Waals surface area (Å²) in [5.41, 5.74) is 4.46. The first-order chi connectivity index (χ1) is 14.4. The van der Waals surface area contributed by atoms with Gasteiger partial charge in [0.25, 0.3) is 0 Å². The molecule has 152 valence electrons. The average molecular weight is 417 g/mol. The number of hydrogen-bond donors (Lipinski definition) is 0. The molecule has 1 atom stereocenters. The minimum Gasteiger partial charge on any atom is -0.289 e. The normalized spacial score (nSPS) is 11.3. The van der Waals surface area contributed by atoms with Crippen LogP contribution in [0.15, 0.2) is 60.7 Å². The molecule has 0 spiro atoms. The predicted octanol–water partition coefficient (Wildman–Crippen LogP) is 5.95. The summed E-state index contributed by atoms with van der Waals surface area (Å²) in [6, 6.07) is 18.3. The first kappa shape index (κ1) is 21.8. The highest BCUT2D eigenvalue weighted by atomic mass is 31.1. The van der Waals surface area contributed by atoms with Gasteiger partial charge in [0.05, 0.1) is 5.56 Å². The molecule has 0 fully saturated rings. The Hall–Kier alpha value is -2.90. The van der Waals surface area contributed by atoms with Crippen molar-refractivity contribution in [2.75, 3.05) is 0 Å². The second-order valence-corrected chi connectivity index (χ2v) is 8.81. The summed E-state index contributed by atoms with van der Waals surface area (Å²) in [6.07, 6.45) is 1.17. The topological polar surface area (TPSA) is 51.2 Å². The van der Waals surface area contributed by atoms with Crippen molar-refractivity contribution in [1.82, 2.24) is 0 Å². The molecule has 0 radical (unpaired) electrons. The quantitative estimate of drug-likeness (QED) is 0.352. The zero-order valence-electron chi connectivity index (χ0n) is 17.9. The summed E-state index contributed by atoms with van der Waals surface area (Å²) in [5.74, 6) is -0.112. The van der Waals surface area contributed by atoms with E-state index in [0.717, 1.165) is 16.7 Å². The van der Waals surface area contributed by atoms with E-state index in [0.29, 0.717) is 40.4 Å². The van der Waals surface area contributed by atoms with Crippen LogP contribution < -0.4 is 5.30 Å². The standard InChI is InChI=1S/C26H26O3P/c1-5-19-15-16-22(24(27)20-13-8-7-9-14-20)21(6-2)25(19)30(29)26(28)23-17(3)11-10-12-18(23)4/h7-16H,5-6H2,1-4H3/q+1. The van der Waals surface area contributed by atoms with Crippen LogP contribution in [0.1, 0.15) is 62.4 Å². The Balaban J connectivity index is 2.17. The highest BCUT2D eigenvalue weighted by Crippen LogP contribution is 2.34. The Morgan fingerprint density at radius 2 is 1.43 bits per heavy atom. The Morgan fingerprint density at radius 3 is 2.00 bits per heavy atom. The van der Waals surface area contributed by atoms with Gasteiger partial charge in [0.1, 0.15) is 0 Å². The fourth-order valence-electron chi connectivity index (χ4n) is 3.89. The zero-order chi connectivity index (χ0) is 21.8. The van der Waals surface area contributed by atoms with Gasteiger partial charge in [-0.3, -0.25) is 4.79 Å². The van der Waals surface area contributed by atoms with Gasteiger partial charge in [-0.2, -0.15) is 0 Å². The largest absolute Gasteiger partial charge is 0.459 e. The second-order valence-electron chi connectivity index (χ2n) is 7.37. The summed E-state index contributed by atoms with van der Waals surface area (Å²) in [4.78, 5) is 26.5. The van der Waals surface area contributed by atoms with Crippen molar-refractivity contribution in [2.45, 2.75) is 40.5 Å². The molecule has 1 unspecified atom stereocenters. The van der Waals surface area contributed by atoms with Crippen LogP contribution in [-0.4, -0.2) is 11.3 Å². The van der Waals surface area contributed by atoms with Crippen LogP contribution in [0.3, 0.4) is 0 Å². The molecule has 0 aliphatic carbocycles. The van der Waals surface area contributed by atoms with Gasteiger partial charge in [0.15, 0.2) is 5.78 Å². The maximum atomic E-state index is 13.6. The van der Waals surface area contributed by atoms with E-state index in [2.05, 4.69) is 0 Å². The van der Waals surface area contributed by atoms with Gasteiger partial charge in [-0.25, -0.2) is 4.79 Å². The van der Waals surface area contributed by atoms with Gasteiger partial charge < -0.3 is 0 Å². The van der Waals surface area contributed by atoms with Gasteiger partial charge in [-0.05, 0) is 37.8 Å². The Morgan fingerprint density at radius 1 is 0.800 bits per heavy atom. The molecule has 3 aromatic rings. The van der Waals surface area contributed by atoms with Crippen molar-refractivity contribution in [3.63, 3.8) is 0 Å². The zero-order valence-corrected chi connectivity index (χ0v) is 18.8. The number of aryl methyl sites for hydroxylation is 3. The monoisotopic (exact) mass is 417 g/mol. The first-order valence-electron chi connectivity index (χ1n) is 10.2. The second kappa shape index (κ2) is 9.28. The lowest BCUT2D eigenvalue weighted by atomic mass is 9.94. The Bertz CT molecular complexity index is 1110. The van der Waals surface area contributed by atoms with E-state index in [-0.39, 0.29) is 11.3 Å². The molecule has 0 saturated heterocycles. The summed E-state index contributed by atoms with van der Waals surface area (Å²) in [6.45, 7) is 7.64. The fourth-order valence-corrected chi connectivity index (χ4v) is 5.67. The van der Waals surface area contributed by atoms with Crippen LogP contribution in [0, 0.1) is 13.8 Å². The van der Waals surface area contributed by atoms with Gasteiger partial charge in [-0.15, -0.1) is 0 Å². The van der Waals surface area contributed by atoms with E-state index in [1.165, 1.54) is 0 Å². The molecule has 0 saturated carbocycles. The Labute approximate surface area is 178 Å². The summed E-state index contributed by atoms with van der Waals surface area (Å²) < 4.78 is 13.6. The number of carbonyl (C=O) groups is 2. The smallest absolute Gasteiger partial charge is 0.289 e. The molecule has 0 amide bonds. The van der Waals surface area contributed by atoms with E-state index in [1.807, 2.05) is 76.2 Å². The number of rotatable bonds is 7. The van der Waals surface area contributed by atoms with Crippen LogP contribution in [0.5, 0.6) is 0 Å². The minimum absolute atomic E-state index is 0.112. The molecule has 0 N–H and O–H groups in total. The lowest BCUT2D eigenvalue weighted by molar-refractivity contribution is 0.103. The minimum atomic E-state index is -2.35. The molecule has 4 heteroatoms. The molecular formula is C26H26O3P+. The highest BCUT2D eigenvalue weighted by Gasteiger charge is 2.39. The SMILES string of the molecule is CCc1ccc(C(=O)c2ccccc2)c(CC)c1[P+](=O)C(=O)c1c(C)cccc1C. The van der Waals surface area contributed by atoms with E-state index in [9.17, 15) is 14.2 Å². The lowest BCUT2D eigenvalue weighted by Crippen LogP contribution is -2.20. The van der Waals surface area contributed by atoms with Gasteiger partial charge >= 0.3 is 13.3 Å². The van der Waals surface area contributed by atoms with Crippen LogP contribution in [0.25, 0.3) is 0 Å². The van der Waals surface area contributed by atoms with Crippen molar-refractivity contribution in [3.8, 4) is 0 Å².